The van der Waals surface area contributed by atoms with E-state index in [1.54, 1.807) is 24.5 Å². The van der Waals surface area contributed by atoms with Crippen LogP contribution in [0.25, 0.3) is 5.82 Å². The molecule has 0 saturated carbocycles. The molecule has 0 aliphatic heterocycles. The van der Waals surface area contributed by atoms with Crippen LogP contribution in [0.1, 0.15) is 21.7 Å². The molecule has 0 spiro atoms. The van der Waals surface area contributed by atoms with Crippen molar-refractivity contribution in [2.45, 2.75) is 6.54 Å². The summed E-state index contributed by atoms with van der Waals surface area (Å²) in [6.07, 6.45) is 4.75. The maximum Gasteiger partial charge on any atom is 0.293 e. The van der Waals surface area contributed by atoms with Crippen molar-refractivity contribution in [1.29, 1.82) is 0 Å². The highest BCUT2D eigenvalue weighted by atomic mass is 16.6. The van der Waals surface area contributed by atoms with E-state index in [2.05, 4.69) is 40.8 Å². The number of nitrogen functional groups attached to an aromatic ring is 1. The minimum atomic E-state index is -0.539. The fourth-order valence-corrected chi connectivity index (χ4v) is 2.79. The van der Waals surface area contributed by atoms with Crippen molar-refractivity contribution < 1.29 is 9.42 Å². The van der Waals surface area contributed by atoms with Gasteiger partial charge in [0.1, 0.15) is 0 Å². The summed E-state index contributed by atoms with van der Waals surface area (Å²) in [5, 5.41) is 19.3. The molecule has 156 valence electrons. The maximum absolute atomic E-state index is 12.8. The Kier molecular flexibility index (Phi) is 5.60. The van der Waals surface area contributed by atoms with Crippen LogP contribution in [0.2, 0.25) is 0 Å². The number of nitrogens with one attached hydrogen (secondary N) is 1. The minimum Gasteiger partial charge on any atom is -0.378 e. The number of hydrogen-bond donors (Lipinski definition) is 2. The number of aromatic nitrogens is 6. The van der Waals surface area contributed by atoms with Gasteiger partial charge in [0.2, 0.25) is 11.6 Å². The molecular formula is C19H18N10O2. The van der Waals surface area contributed by atoms with Crippen LogP contribution in [0.4, 0.5) is 11.5 Å². The normalized spacial score (nSPS) is 11.0. The van der Waals surface area contributed by atoms with Gasteiger partial charge in [-0.25, -0.2) is 10.1 Å². The van der Waals surface area contributed by atoms with E-state index in [0.717, 1.165) is 11.3 Å². The topological polar surface area (TPSA) is 153 Å². The van der Waals surface area contributed by atoms with Gasteiger partial charge in [-0.2, -0.15) is 9.78 Å². The maximum atomic E-state index is 12.8. The number of hydrazone groups is 1. The molecule has 0 fully saturated rings. The number of pyridine rings is 1. The molecule has 4 rings (SSSR count). The molecule has 0 aliphatic rings. The Hall–Kier alpha value is -4.61. The monoisotopic (exact) mass is 418 g/mol. The number of hydrogen-bond acceptors (Lipinski definition) is 10. The van der Waals surface area contributed by atoms with Crippen LogP contribution in [-0.2, 0) is 6.54 Å². The lowest BCUT2D eigenvalue weighted by molar-refractivity contribution is 0.0949. The Labute approximate surface area is 176 Å². The van der Waals surface area contributed by atoms with Crippen LogP contribution in [0.5, 0.6) is 0 Å². The van der Waals surface area contributed by atoms with E-state index >= 15 is 0 Å². The van der Waals surface area contributed by atoms with E-state index in [0.29, 0.717) is 5.69 Å². The van der Waals surface area contributed by atoms with Crippen LogP contribution < -0.4 is 16.1 Å². The van der Waals surface area contributed by atoms with Gasteiger partial charge in [0.25, 0.3) is 5.91 Å². The summed E-state index contributed by atoms with van der Waals surface area (Å²) in [6, 6.07) is 13.2. The predicted molar refractivity (Wildman–Crippen MR) is 111 cm³/mol. The fraction of sp³-hybridized carbons (Fsp3) is 0.105. The first-order valence-electron chi connectivity index (χ1n) is 9.16. The summed E-state index contributed by atoms with van der Waals surface area (Å²) in [4.78, 5) is 18.6. The molecule has 0 bridgehead atoms. The number of benzene rings is 1. The van der Waals surface area contributed by atoms with Crippen LogP contribution >= 0.6 is 0 Å². The zero-order valence-electron chi connectivity index (χ0n) is 16.5. The van der Waals surface area contributed by atoms with Crippen molar-refractivity contribution in [3.63, 3.8) is 0 Å². The lowest BCUT2D eigenvalue weighted by atomic mass is 10.2. The summed E-state index contributed by atoms with van der Waals surface area (Å²) >= 11 is 0. The molecule has 3 N–H and O–H groups in total. The number of carbonyl (C=O) groups excluding carboxylic acids is 1. The Morgan fingerprint density at radius 2 is 2.00 bits per heavy atom. The van der Waals surface area contributed by atoms with Crippen molar-refractivity contribution in [1.82, 2.24) is 35.7 Å². The van der Waals surface area contributed by atoms with Gasteiger partial charge in [-0.3, -0.25) is 9.78 Å². The third-order valence-corrected chi connectivity index (χ3v) is 4.34. The first-order valence-corrected chi connectivity index (χ1v) is 9.16. The number of amides is 1. The molecule has 0 radical (unpaired) electrons. The molecule has 0 unspecified atom stereocenters. The lowest BCUT2D eigenvalue weighted by Gasteiger charge is -2.19. The highest BCUT2D eigenvalue weighted by molar-refractivity contribution is 5.94. The molecule has 1 amide bonds. The number of carbonyl (C=O) groups is 1. The predicted octanol–water partition coefficient (Wildman–Crippen LogP) is 1.03. The molecule has 1 aromatic carbocycles. The van der Waals surface area contributed by atoms with Crippen molar-refractivity contribution >= 4 is 23.6 Å². The molecule has 3 aromatic heterocycles. The summed E-state index contributed by atoms with van der Waals surface area (Å²) in [5.74, 6) is -0.373. The van der Waals surface area contributed by atoms with Gasteiger partial charge >= 0.3 is 0 Å². The van der Waals surface area contributed by atoms with Crippen LogP contribution in [-0.4, -0.2) is 49.5 Å². The van der Waals surface area contributed by atoms with Gasteiger partial charge in [-0.05, 0) is 40.1 Å². The van der Waals surface area contributed by atoms with Crippen molar-refractivity contribution in [2.75, 3.05) is 17.7 Å². The van der Waals surface area contributed by atoms with Crippen molar-refractivity contribution in [2.24, 2.45) is 5.10 Å². The molecule has 3 heterocycles. The molecular weight excluding hydrogens is 400 g/mol. The number of para-hydroxylation sites is 1. The van der Waals surface area contributed by atoms with Crippen LogP contribution in [0.15, 0.2) is 64.6 Å². The molecule has 12 nitrogen and oxygen atoms in total. The van der Waals surface area contributed by atoms with Gasteiger partial charge in [0.15, 0.2) is 5.69 Å². The van der Waals surface area contributed by atoms with Gasteiger partial charge < -0.3 is 10.6 Å². The zero-order chi connectivity index (χ0) is 21.6. The SMILES string of the molecule is CN(Cc1c(C(=O)N/N=C\c2ccncc2)nnn1-c1nonc1N)c1ccccc1. The Balaban J connectivity index is 1.62. The Morgan fingerprint density at radius 3 is 2.71 bits per heavy atom. The van der Waals surface area contributed by atoms with Gasteiger partial charge in [0.05, 0.1) is 18.5 Å². The molecule has 12 heteroatoms. The second-order valence-electron chi connectivity index (χ2n) is 6.44. The largest absolute Gasteiger partial charge is 0.378 e. The standard InChI is InChI=1S/C19H18N10O2/c1-28(14-5-3-2-4-6-14)12-15-16(23-27-29(15)18-17(20)25-31-26-18)19(30)24-22-11-13-7-9-21-10-8-13/h2-11H,12H2,1H3,(H2,20,25)(H,24,30)/b22-11-. The summed E-state index contributed by atoms with van der Waals surface area (Å²) in [5.41, 5.74) is 10.5. The van der Waals surface area contributed by atoms with Crippen LogP contribution in [0.3, 0.4) is 0 Å². The van der Waals surface area contributed by atoms with E-state index in [4.69, 9.17) is 5.73 Å². The van der Waals surface area contributed by atoms with Crippen molar-refractivity contribution in [3.8, 4) is 5.82 Å². The summed E-state index contributed by atoms with van der Waals surface area (Å²) in [6.45, 7) is 0.278. The van der Waals surface area contributed by atoms with Crippen molar-refractivity contribution in [3.05, 3.63) is 71.8 Å². The lowest BCUT2D eigenvalue weighted by Crippen LogP contribution is -2.24. The smallest absolute Gasteiger partial charge is 0.293 e. The highest BCUT2D eigenvalue weighted by Gasteiger charge is 2.25. The molecule has 0 saturated heterocycles. The zero-order valence-corrected chi connectivity index (χ0v) is 16.5. The van der Waals surface area contributed by atoms with E-state index in [9.17, 15) is 4.79 Å². The second-order valence-corrected chi connectivity index (χ2v) is 6.44. The number of rotatable bonds is 7. The molecule has 31 heavy (non-hydrogen) atoms. The summed E-state index contributed by atoms with van der Waals surface area (Å²) in [7, 11) is 1.88. The number of nitrogens with zero attached hydrogens (tertiary/aromatic N) is 8. The quantitative estimate of drug-likeness (QED) is 0.331. The number of anilines is 2. The van der Waals surface area contributed by atoms with Gasteiger partial charge in [-0.15, -0.1) is 5.10 Å². The Morgan fingerprint density at radius 1 is 1.23 bits per heavy atom. The first-order chi connectivity index (χ1) is 15.1. The minimum absolute atomic E-state index is 0.0242. The fourth-order valence-electron chi connectivity index (χ4n) is 2.79. The molecule has 0 aliphatic carbocycles. The third-order valence-electron chi connectivity index (χ3n) is 4.34. The van der Waals surface area contributed by atoms with E-state index in [-0.39, 0.29) is 23.9 Å². The molecule has 0 atom stereocenters. The van der Waals surface area contributed by atoms with Crippen LogP contribution in [0, 0.1) is 0 Å². The third kappa shape index (κ3) is 4.37. The van der Waals surface area contributed by atoms with E-state index in [1.165, 1.54) is 10.9 Å². The van der Waals surface area contributed by atoms with E-state index in [1.807, 2.05) is 42.3 Å². The van der Waals surface area contributed by atoms with Gasteiger partial charge in [-0.1, -0.05) is 23.4 Å². The van der Waals surface area contributed by atoms with E-state index < -0.39 is 5.91 Å². The van der Waals surface area contributed by atoms with Gasteiger partial charge in [0, 0.05) is 25.1 Å². The number of nitrogens with two attached hydrogens (primary N) is 1. The summed E-state index contributed by atoms with van der Waals surface area (Å²) < 4.78 is 6.00. The highest BCUT2D eigenvalue weighted by Crippen LogP contribution is 2.20. The molecule has 4 aromatic rings. The second kappa shape index (κ2) is 8.82. The Bertz CT molecular complexity index is 1190. The average molecular weight is 418 g/mol. The first kappa shape index (κ1) is 19.7. The average Bonchev–Trinajstić information content (AvgIpc) is 3.40.